The number of thiophene rings is 1. The molecule has 0 saturated heterocycles. The van der Waals surface area contributed by atoms with Crippen molar-refractivity contribution in [3.63, 3.8) is 0 Å². The van der Waals surface area contributed by atoms with E-state index in [0.29, 0.717) is 10.6 Å². The number of aromatic hydroxyl groups is 1. The van der Waals surface area contributed by atoms with Crippen LogP contribution in [0.4, 0.5) is 5.69 Å². The van der Waals surface area contributed by atoms with Crippen LogP contribution >= 0.6 is 11.3 Å². The molecule has 0 saturated carbocycles. The molecule has 0 aliphatic heterocycles. The van der Waals surface area contributed by atoms with Gasteiger partial charge in [-0.3, -0.25) is 5.41 Å². The second-order valence-electron chi connectivity index (χ2n) is 2.74. The van der Waals surface area contributed by atoms with Gasteiger partial charge in [0.05, 0.1) is 17.1 Å². The van der Waals surface area contributed by atoms with Crippen molar-refractivity contribution in [2.75, 3.05) is 18.4 Å². The molecule has 0 unspecified atom stereocenters. The standard InChI is InChI=1S/C7H10N4O3S2.H3N/c8-7(9)6-5(4(12)3-15-6)10-1-2-11-16(13)14;/h3,10,12H,1-2H2,(H3,8,9);1H3. The Bertz CT molecular complexity index is 514. The van der Waals surface area contributed by atoms with Crippen LogP contribution < -0.4 is 17.2 Å². The summed E-state index contributed by atoms with van der Waals surface area (Å²) in [5.41, 5.74) is 5.64. The maximum Gasteiger partial charge on any atom is 0.311 e. The fraction of sp³-hybridized carbons (Fsp3) is 0.286. The molecule has 0 aromatic carbocycles. The molecule has 1 heterocycles. The largest absolute Gasteiger partial charge is 0.505 e. The highest BCUT2D eigenvalue weighted by atomic mass is 32.2. The first-order valence-corrected chi connectivity index (χ1v) is 6.09. The van der Waals surface area contributed by atoms with E-state index in [1.807, 2.05) is 0 Å². The molecule has 1 rings (SSSR count). The summed E-state index contributed by atoms with van der Waals surface area (Å²) >= 11 is 1.13. The van der Waals surface area contributed by atoms with Crippen molar-refractivity contribution in [1.29, 1.82) is 5.41 Å². The molecule has 1 aromatic heterocycles. The molecule has 8 N–H and O–H groups in total. The average molecular weight is 279 g/mol. The van der Waals surface area contributed by atoms with Crippen molar-refractivity contribution in [1.82, 2.24) is 6.15 Å². The fourth-order valence-corrected chi connectivity index (χ4v) is 2.03. The van der Waals surface area contributed by atoms with Crippen LogP contribution in [0.15, 0.2) is 9.74 Å². The van der Waals surface area contributed by atoms with E-state index in [4.69, 9.17) is 11.1 Å². The van der Waals surface area contributed by atoms with Crippen molar-refractivity contribution in [3.05, 3.63) is 10.3 Å². The molecule has 0 aliphatic rings. The summed E-state index contributed by atoms with van der Waals surface area (Å²) in [5.74, 6) is -0.171. The maximum atomic E-state index is 10.1. The molecule has 0 atom stereocenters. The Labute approximate surface area is 103 Å². The Morgan fingerprint density at radius 2 is 2.29 bits per heavy atom. The average Bonchev–Trinajstić information content (AvgIpc) is 2.54. The summed E-state index contributed by atoms with van der Waals surface area (Å²) in [6, 6.07) is 0. The van der Waals surface area contributed by atoms with E-state index in [9.17, 15) is 13.5 Å². The molecule has 0 aliphatic carbocycles. The van der Waals surface area contributed by atoms with Crippen molar-refractivity contribution in [3.8, 4) is 5.75 Å². The third-order valence-corrected chi connectivity index (χ3v) is 3.02. The molecule has 17 heavy (non-hydrogen) atoms. The first-order chi connectivity index (χ1) is 7.52. The van der Waals surface area contributed by atoms with Gasteiger partial charge in [0.1, 0.15) is 11.6 Å². The van der Waals surface area contributed by atoms with Crippen molar-refractivity contribution in [2.24, 2.45) is 10.1 Å². The van der Waals surface area contributed by atoms with E-state index < -0.39 is 10.5 Å². The second-order valence-corrected chi connectivity index (χ2v) is 4.31. The molecule has 1 aromatic rings. The number of nitrogen functional groups attached to an aromatic ring is 1. The Kier molecular flexibility index (Phi) is 6.17. The van der Waals surface area contributed by atoms with Crippen LogP contribution in [0.2, 0.25) is 0 Å². The van der Waals surface area contributed by atoms with E-state index in [-0.39, 0.29) is 30.8 Å². The van der Waals surface area contributed by atoms with E-state index in [2.05, 4.69) is 9.68 Å². The van der Waals surface area contributed by atoms with Crippen LogP contribution in [0.25, 0.3) is 0 Å². The predicted octanol–water partition coefficient (Wildman–Crippen LogP) is 0.374. The predicted molar refractivity (Wildman–Crippen MR) is 66.7 cm³/mol. The number of amidine groups is 1. The van der Waals surface area contributed by atoms with Crippen LogP contribution in [0.3, 0.4) is 0 Å². The third kappa shape index (κ3) is 4.38. The first-order valence-electron chi connectivity index (χ1n) is 4.18. The van der Waals surface area contributed by atoms with Gasteiger partial charge < -0.3 is 22.3 Å². The van der Waals surface area contributed by atoms with Gasteiger partial charge in [0, 0.05) is 11.9 Å². The Morgan fingerprint density at radius 1 is 1.65 bits per heavy atom. The minimum absolute atomic E-state index is 0. The molecule has 0 amide bonds. The van der Waals surface area contributed by atoms with E-state index >= 15 is 0 Å². The number of nitrogens with zero attached hydrogens (tertiary/aromatic N) is 1. The molecule has 0 bridgehead atoms. The van der Waals surface area contributed by atoms with Crippen molar-refractivity contribution < 1.29 is 13.5 Å². The number of nitrogens with one attached hydrogen (secondary N) is 2. The molecule has 10 heteroatoms. The molecular weight excluding hydrogens is 266 g/mol. The van der Waals surface area contributed by atoms with Crippen LogP contribution in [0.5, 0.6) is 5.75 Å². The van der Waals surface area contributed by atoms with Gasteiger partial charge in [-0.25, -0.2) is 0 Å². The van der Waals surface area contributed by atoms with Gasteiger partial charge in [0.25, 0.3) is 0 Å². The van der Waals surface area contributed by atoms with E-state index in [0.717, 1.165) is 11.3 Å². The maximum absolute atomic E-state index is 10.1. The topological polar surface area (TPSA) is 164 Å². The van der Waals surface area contributed by atoms with Gasteiger partial charge in [-0.1, -0.05) is 0 Å². The minimum Gasteiger partial charge on any atom is -0.505 e. The molecule has 0 fully saturated rings. The number of nitrogens with two attached hydrogens (primary N) is 1. The number of hydrogen-bond donors (Lipinski definition) is 5. The highest BCUT2D eigenvalue weighted by Crippen LogP contribution is 2.33. The van der Waals surface area contributed by atoms with Gasteiger partial charge in [-0.05, 0) is 0 Å². The molecule has 8 nitrogen and oxygen atoms in total. The fourth-order valence-electron chi connectivity index (χ4n) is 1.02. The third-order valence-electron chi connectivity index (χ3n) is 1.63. The highest BCUT2D eigenvalue weighted by molar-refractivity contribution is 7.61. The number of rotatable bonds is 5. The first kappa shape index (κ1) is 15.3. The lowest BCUT2D eigenvalue weighted by molar-refractivity contribution is 0.479. The Morgan fingerprint density at radius 3 is 2.82 bits per heavy atom. The summed E-state index contributed by atoms with van der Waals surface area (Å²) in [5, 5.41) is 20.9. The monoisotopic (exact) mass is 279 g/mol. The Balaban J connectivity index is 0.00000256. The van der Waals surface area contributed by atoms with Gasteiger partial charge in [0.2, 0.25) is 0 Å². The lowest BCUT2D eigenvalue weighted by atomic mass is 10.3. The normalized spacial score (nSPS) is 9.18. The minimum atomic E-state index is -2.43. The van der Waals surface area contributed by atoms with Gasteiger partial charge in [-0.2, -0.15) is 12.8 Å². The number of hydrogen-bond acceptors (Lipinski definition) is 8. The second kappa shape index (κ2) is 6.83. The zero-order valence-electron chi connectivity index (χ0n) is 8.80. The van der Waals surface area contributed by atoms with Crippen molar-refractivity contribution >= 4 is 33.4 Å². The summed E-state index contributed by atoms with van der Waals surface area (Å²) in [7, 11) is -2.43. The summed E-state index contributed by atoms with van der Waals surface area (Å²) in [4.78, 5) is 0.417. The molecule has 0 radical (unpaired) electrons. The quantitative estimate of drug-likeness (QED) is 0.297. The molecular formula is C7H13N5O3S2. The lowest BCUT2D eigenvalue weighted by Gasteiger charge is -2.05. The van der Waals surface area contributed by atoms with Crippen LogP contribution in [-0.2, 0) is 10.5 Å². The lowest BCUT2D eigenvalue weighted by Crippen LogP contribution is -2.13. The van der Waals surface area contributed by atoms with E-state index in [1.54, 1.807) is 0 Å². The SMILES string of the molecule is N.N=C(N)c1scc(O)c1NCCN=S(=O)=O. The van der Waals surface area contributed by atoms with Crippen LogP contribution in [0, 0.1) is 5.41 Å². The summed E-state index contributed by atoms with van der Waals surface area (Å²) in [6.07, 6.45) is 0. The van der Waals surface area contributed by atoms with Crippen molar-refractivity contribution in [2.45, 2.75) is 0 Å². The van der Waals surface area contributed by atoms with E-state index in [1.165, 1.54) is 5.38 Å². The highest BCUT2D eigenvalue weighted by Gasteiger charge is 2.12. The Hall–Kier alpha value is -1.65. The summed E-state index contributed by atoms with van der Waals surface area (Å²) < 4.78 is 23.4. The van der Waals surface area contributed by atoms with Crippen LogP contribution in [0.1, 0.15) is 4.88 Å². The molecule has 96 valence electrons. The zero-order valence-corrected chi connectivity index (χ0v) is 10.4. The smallest absolute Gasteiger partial charge is 0.311 e. The summed E-state index contributed by atoms with van der Waals surface area (Å²) in [6.45, 7) is 0.293. The van der Waals surface area contributed by atoms with Gasteiger partial charge >= 0.3 is 10.5 Å². The number of anilines is 1. The van der Waals surface area contributed by atoms with Crippen LogP contribution in [-0.4, -0.2) is 32.4 Å². The zero-order chi connectivity index (χ0) is 12.1. The van der Waals surface area contributed by atoms with Gasteiger partial charge in [-0.15, -0.1) is 11.3 Å². The van der Waals surface area contributed by atoms with Gasteiger partial charge in [0.15, 0.2) is 0 Å². The molecule has 0 spiro atoms.